The van der Waals surface area contributed by atoms with Gasteiger partial charge in [0.2, 0.25) is 0 Å². The molecule has 0 aliphatic rings. The van der Waals surface area contributed by atoms with Crippen molar-refractivity contribution in [1.29, 1.82) is 0 Å². The molecule has 0 unspecified atom stereocenters. The Balaban J connectivity index is 1.47. The Kier molecular flexibility index (Phi) is 14.7. The van der Waals surface area contributed by atoms with Crippen LogP contribution in [0, 0.1) is 0 Å². The van der Waals surface area contributed by atoms with E-state index in [0.29, 0.717) is 40.4 Å². The molecule has 1 amide bonds. The van der Waals surface area contributed by atoms with Gasteiger partial charge in [0.1, 0.15) is 0 Å². The van der Waals surface area contributed by atoms with E-state index in [-0.39, 0.29) is 35.8 Å². The number of halogens is 13. The van der Waals surface area contributed by atoms with Crippen molar-refractivity contribution in [2.75, 3.05) is 11.5 Å². The fraction of sp³-hybridized carbons (Fsp3) is 0.191. The molecule has 6 rings (SSSR count). The van der Waals surface area contributed by atoms with Crippen molar-refractivity contribution in [2.45, 2.75) is 49.4 Å². The molecule has 348 valence electrons. The molecule has 4 nitrogen and oxygen atoms in total. The Labute approximate surface area is 384 Å². The normalized spacial score (nSPS) is 14.0. The molecule has 0 aliphatic carbocycles. The summed E-state index contributed by atoms with van der Waals surface area (Å²) in [5.41, 5.74) is -6.31. The molecule has 0 aromatic heterocycles. The Hall–Kier alpha value is -5.45. The van der Waals surface area contributed by atoms with Gasteiger partial charge in [0.15, 0.2) is 0 Å². The van der Waals surface area contributed by atoms with Crippen LogP contribution in [0.4, 0.5) is 58.4 Å². The third-order valence-corrected chi connectivity index (χ3v) is 20.1. The maximum absolute atomic E-state index is 14.8. The third-order valence-electron chi connectivity index (χ3n) is 10.6. The predicted molar refractivity (Wildman–Crippen MR) is 240 cm³/mol. The van der Waals surface area contributed by atoms with E-state index in [4.69, 9.17) is 12.2 Å². The van der Waals surface area contributed by atoms with Crippen LogP contribution in [0.15, 0.2) is 158 Å². The molecule has 66 heavy (non-hydrogen) atoms. The number of carbonyl (C=O) groups excluding carboxylic acids is 1. The fourth-order valence-corrected chi connectivity index (χ4v) is 16.3. The summed E-state index contributed by atoms with van der Waals surface area (Å²) in [4.78, 5) is 14.8. The van der Waals surface area contributed by atoms with Gasteiger partial charge < -0.3 is 0 Å². The van der Waals surface area contributed by atoms with Crippen LogP contribution in [-0.2, 0) is 42.1 Å². The average molecular weight is 1030 g/mol. The standard InChI is InChI=1S/C47H37BrF12N3OPS/c48-65(39-17-9-3-10-18-39,40-19-11-4-12-20-40,28-31-21-33(44(49,50)51)24-34(22-31)45(52,53)54)29-38(23-30-13-5-1-6-14-30)61-42(64)41(32-15-7-2-8-16-32)63-43(66)62-37-26-35(46(55,56)57)25-36(27-37)47(58,59)60/h1-22,24-27,38,41H,23,28-29H2,(H,61,64)(H2,62,63,66)/t38-,41+/m0/s1. The SMILES string of the molecule is O=C(N[C@@H](Cc1ccccc1)CP(Br)(Cc1cc(C(F)(F)F)cc(C(F)(F)F)c1)(c1ccccc1)c1ccccc1)[C@H](NC(=S)Nc1cc(C(F)(F)F)cc(C(F)(F)F)c1)c1ccccc1. The second-order valence-electron chi connectivity index (χ2n) is 15.4. The molecule has 6 aromatic rings. The Morgan fingerprint density at radius 1 is 0.530 bits per heavy atom. The van der Waals surface area contributed by atoms with E-state index in [1.54, 1.807) is 109 Å². The van der Waals surface area contributed by atoms with Gasteiger partial charge in [0, 0.05) is 0 Å². The van der Waals surface area contributed by atoms with E-state index < -0.39 is 87.2 Å². The van der Waals surface area contributed by atoms with Gasteiger partial charge in [-0.15, -0.1) is 0 Å². The number of carbonyl (C=O) groups is 1. The van der Waals surface area contributed by atoms with Gasteiger partial charge in [-0.1, -0.05) is 0 Å². The Morgan fingerprint density at radius 2 is 0.924 bits per heavy atom. The summed E-state index contributed by atoms with van der Waals surface area (Å²) in [6.45, 7) is 0. The van der Waals surface area contributed by atoms with Crippen molar-refractivity contribution in [3.63, 3.8) is 0 Å². The summed E-state index contributed by atoms with van der Waals surface area (Å²) < 4.78 is 168. The van der Waals surface area contributed by atoms with Crippen LogP contribution >= 0.6 is 33.0 Å². The number of thiocarbonyl (C=S) groups is 1. The molecule has 0 radical (unpaired) electrons. The molecule has 0 fully saturated rings. The van der Waals surface area contributed by atoms with E-state index in [9.17, 15) is 57.5 Å². The van der Waals surface area contributed by atoms with Crippen LogP contribution in [0.5, 0.6) is 0 Å². The second-order valence-corrected chi connectivity index (χ2v) is 25.4. The van der Waals surface area contributed by atoms with Gasteiger partial charge in [0.05, 0.1) is 0 Å². The quantitative estimate of drug-likeness (QED) is 0.0613. The molecular weight excluding hydrogens is 993 g/mol. The third kappa shape index (κ3) is 12.1. The van der Waals surface area contributed by atoms with Crippen LogP contribution in [-0.4, -0.2) is 23.2 Å². The zero-order valence-electron chi connectivity index (χ0n) is 34.0. The summed E-state index contributed by atoms with van der Waals surface area (Å²) in [6, 6.07) is 33.1. The second kappa shape index (κ2) is 19.4. The summed E-state index contributed by atoms with van der Waals surface area (Å²) in [7, 11) is 0. The first-order valence-corrected chi connectivity index (χ1v) is 24.7. The number of anilines is 1. The number of rotatable bonds is 13. The topological polar surface area (TPSA) is 53.2 Å². The monoisotopic (exact) mass is 1030 g/mol. The van der Waals surface area contributed by atoms with Crippen molar-refractivity contribution in [2.24, 2.45) is 0 Å². The van der Waals surface area contributed by atoms with Gasteiger partial charge in [-0.05, 0) is 0 Å². The van der Waals surface area contributed by atoms with E-state index >= 15 is 0 Å². The van der Waals surface area contributed by atoms with Gasteiger partial charge in [-0.25, -0.2) is 0 Å². The van der Waals surface area contributed by atoms with Gasteiger partial charge >= 0.3 is 360 Å². The van der Waals surface area contributed by atoms with Crippen molar-refractivity contribution in [3.8, 4) is 0 Å². The zero-order valence-corrected chi connectivity index (χ0v) is 37.3. The first-order valence-electron chi connectivity index (χ1n) is 19.7. The van der Waals surface area contributed by atoms with Crippen LogP contribution in [0.1, 0.15) is 45.0 Å². The van der Waals surface area contributed by atoms with Crippen molar-refractivity contribution in [3.05, 3.63) is 197 Å². The number of benzene rings is 6. The summed E-state index contributed by atoms with van der Waals surface area (Å²) in [5, 5.41) is 4.19. The van der Waals surface area contributed by atoms with Crippen molar-refractivity contribution < 1.29 is 57.5 Å². The number of nitrogens with one attached hydrogen (secondary N) is 3. The molecule has 0 bridgehead atoms. The molecule has 19 heteroatoms. The summed E-state index contributed by atoms with van der Waals surface area (Å²) >= 11 is 9.49. The number of amides is 1. The van der Waals surface area contributed by atoms with Gasteiger partial charge in [0.25, 0.3) is 0 Å². The van der Waals surface area contributed by atoms with E-state index in [2.05, 4.69) is 31.4 Å². The minimum absolute atomic E-state index is 0.0501. The first-order chi connectivity index (χ1) is 30.8. The molecule has 3 N–H and O–H groups in total. The van der Waals surface area contributed by atoms with Crippen molar-refractivity contribution >= 4 is 60.3 Å². The Bertz CT molecular complexity index is 2530. The molecule has 0 saturated heterocycles. The summed E-state index contributed by atoms with van der Waals surface area (Å²) in [5.74, 6) is -0.802. The molecule has 6 aromatic carbocycles. The van der Waals surface area contributed by atoms with Gasteiger partial charge in [-0.3, -0.25) is 0 Å². The van der Waals surface area contributed by atoms with Crippen LogP contribution in [0.2, 0.25) is 0 Å². The van der Waals surface area contributed by atoms with Crippen LogP contribution in [0.3, 0.4) is 0 Å². The van der Waals surface area contributed by atoms with Crippen molar-refractivity contribution in [1.82, 2.24) is 10.6 Å². The molecule has 2 atom stereocenters. The number of hydrogen-bond donors (Lipinski definition) is 3. The number of hydrogen-bond acceptors (Lipinski definition) is 2. The van der Waals surface area contributed by atoms with E-state index in [1.165, 1.54) is 12.1 Å². The number of alkyl halides is 12. The predicted octanol–water partition coefficient (Wildman–Crippen LogP) is 13.2. The van der Waals surface area contributed by atoms with Gasteiger partial charge in [-0.2, -0.15) is 26.3 Å². The molecule has 0 heterocycles. The molecule has 0 saturated carbocycles. The average Bonchev–Trinajstić information content (AvgIpc) is 3.25. The molecule has 0 aliphatic heterocycles. The van der Waals surface area contributed by atoms with Crippen LogP contribution < -0.4 is 26.6 Å². The minimum atomic E-state index is -5.17. The molecule has 0 spiro atoms. The first kappa shape index (κ1) is 50.0. The zero-order chi connectivity index (χ0) is 48.2. The van der Waals surface area contributed by atoms with Crippen LogP contribution in [0.25, 0.3) is 0 Å². The molecular formula is C47H37BrF12N3OPS. The van der Waals surface area contributed by atoms with E-state index in [0.717, 1.165) is 0 Å². The van der Waals surface area contributed by atoms with E-state index in [1.807, 2.05) is 0 Å². The summed E-state index contributed by atoms with van der Waals surface area (Å²) in [6.07, 6.45) is -21.1. The Morgan fingerprint density at radius 3 is 1.35 bits per heavy atom. The fourth-order valence-electron chi connectivity index (χ4n) is 7.71. The maximum atomic E-state index is 14.8.